The largest absolute Gasteiger partial charge is 0.493 e. The van der Waals surface area contributed by atoms with E-state index in [4.69, 9.17) is 15.5 Å². The highest BCUT2D eigenvalue weighted by Crippen LogP contribution is 2.36. The van der Waals surface area contributed by atoms with Crippen LogP contribution in [0, 0.1) is 5.92 Å². The number of nitrogens with zero attached hydrogens (tertiary/aromatic N) is 4. The first-order valence-corrected chi connectivity index (χ1v) is 11.9. The number of fused-ring (bicyclic) bond motifs is 2. The average molecular weight is 480 g/mol. The van der Waals surface area contributed by atoms with Gasteiger partial charge in [-0.2, -0.15) is 0 Å². The molecule has 9 nitrogen and oxygen atoms in total. The van der Waals surface area contributed by atoms with Crippen LogP contribution in [-0.2, 0) is 19.3 Å². The number of carbonyl (C=O) groups is 1. The Morgan fingerprint density at radius 2 is 2.11 bits per heavy atom. The number of aromatic nitrogens is 4. The van der Waals surface area contributed by atoms with Crippen molar-refractivity contribution in [3.63, 3.8) is 0 Å². The van der Waals surface area contributed by atoms with Crippen LogP contribution >= 0.6 is 0 Å². The van der Waals surface area contributed by atoms with Gasteiger partial charge < -0.3 is 20.8 Å². The predicted molar refractivity (Wildman–Crippen MR) is 136 cm³/mol. The van der Waals surface area contributed by atoms with E-state index >= 15 is 0 Å². The van der Waals surface area contributed by atoms with Crippen molar-refractivity contribution in [3.8, 4) is 17.0 Å². The van der Waals surface area contributed by atoms with E-state index in [1.165, 1.54) is 5.56 Å². The minimum Gasteiger partial charge on any atom is -0.493 e. The van der Waals surface area contributed by atoms with Gasteiger partial charge in [0.25, 0.3) is 5.91 Å². The number of hydrogen-bond acceptors (Lipinski definition) is 7. The molecule has 0 aliphatic carbocycles. The van der Waals surface area contributed by atoms with Gasteiger partial charge >= 0.3 is 0 Å². The number of anilines is 1. The minimum absolute atomic E-state index is 0.0945. The Morgan fingerprint density at radius 1 is 1.17 bits per heavy atom. The summed E-state index contributed by atoms with van der Waals surface area (Å²) in [5.41, 5.74) is 13.4. The van der Waals surface area contributed by atoms with Crippen molar-refractivity contribution in [2.75, 3.05) is 18.9 Å². The van der Waals surface area contributed by atoms with Crippen LogP contribution in [0.5, 0.6) is 5.75 Å². The van der Waals surface area contributed by atoms with E-state index in [2.05, 4.69) is 31.3 Å². The van der Waals surface area contributed by atoms with E-state index in [0.717, 1.165) is 52.5 Å². The summed E-state index contributed by atoms with van der Waals surface area (Å²) in [7, 11) is 0. The lowest BCUT2D eigenvalue weighted by Gasteiger charge is -2.26. The van der Waals surface area contributed by atoms with Gasteiger partial charge in [-0.3, -0.25) is 9.79 Å². The number of hydrogen-bond donors (Lipinski definition) is 3. The Balaban J connectivity index is 1.15. The number of nitrogen functional groups attached to an aromatic ring is 1. The Hall–Kier alpha value is -4.53. The van der Waals surface area contributed by atoms with Crippen LogP contribution < -0.4 is 15.8 Å². The van der Waals surface area contributed by atoms with Gasteiger partial charge in [0, 0.05) is 60.2 Å². The number of nitrogens with one attached hydrogen (secondary N) is 2. The monoisotopic (exact) mass is 479 g/mol. The summed E-state index contributed by atoms with van der Waals surface area (Å²) in [4.78, 5) is 33.0. The van der Waals surface area contributed by atoms with Gasteiger partial charge in [0.05, 0.1) is 24.3 Å². The molecule has 4 aromatic rings. The second-order valence-corrected chi connectivity index (χ2v) is 9.04. The Bertz CT molecular complexity index is 1460. The third-order valence-electron chi connectivity index (χ3n) is 6.63. The van der Waals surface area contributed by atoms with Crippen LogP contribution in [0.1, 0.15) is 27.2 Å². The molecule has 1 amide bonds. The van der Waals surface area contributed by atoms with Gasteiger partial charge in [0.2, 0.25) is 5.95 Å². The summed E-state index contributed by atoms with van der Waals surface area (Å²) in [5.74, 6) is 1.14. The van der Waals surface area contributed by atoms with Crippen molar-refractivity contribution in [3.05, 3.63) is 83.6 Å². The number of aromatic amines is 1. The van der Waals surface area contributed by atoms with Gasteiger partial charge in [0.15, 0.2) is 0 Å². The zero-order chi connectivity index (χ0) is 24.5. The zero-order valence-corrected chi connectivity index (χ0v) is 19.6. The van der Waals surface area contributed by atoms with Crippen molar-refractivity contribution in [2.24, 2.45) is 10.9 Å². The summed E-state index contributed by atoms with van der Waals surface area (Å²) >= 11 is 0. The fraction of sp³-hybridized carbons (Fsp3) is 0.222. The number of nitrogens with two attached hydrogens (primary N) is 1. The fourth-order valence-electron chi connectivity index (χ4n) is 4.72. The summed E-state index contributed by atoms with van der Waals surface area (Å²) in [5, 5.41) is 2.98. The maximum absolute atomic E-state index is 12.7. The minimum atomic E-state index is -0.0945. The summed E-state index contributed by atoms with van der Waals surface area (Å²) in [6.07, 6.45) is 7.33. The topological polar surface area (TPSA) is 131 Å². The van der Waals surface area contributed by atoms with Crippen molar-refractivity contribution in [1.82, 2.24) is 25.3 Å². The van der Waals surface area contributed by atoms with Crippen molar-refractivity contribution in [2.45, 2.75) is 19.3 Å². The van der Waals surface area contributed by atoms with Crippen LogP contribution in [0.25, 0.3) is 11.3 Å². The van der Waals surface area contributed by atoms with Crippen LogP contribution in [-0.4, -0.2) is 44.7 Å². The van der Waals surface area contributed by atoms with Gasteiger partial charge in [-0.1, -0.05) is 12.1 Å². The number of benzene rings is 2. The number of amides is 1. The molecule has 1 unspecified atom stereocenters. The number of ether oxygens (including phenoxy) is 1. The van der Waals surface area contributed by atoms with E-state index in [1.54, 1.807) is 18.7 Å². The number of rotatable bonds is 6. The summed E-state index contributed by atoms with van der Waals surface area (Å²) < 4.78 is 6.06. The second kappa shape index (κ2) is 9.26. The molecule has 0 spiro atoms. The third kappa shape index (κ3) is 4.43. The summed E-state index contributed by atoms with van der Waals surface area (Å²) in [6, 6.07) is 13.7. The molecule has 1 atom stereocenters. The number of H-pyrrole nitrogens is 1. The van der Waals surface area contributed by atoms with Crippen molar-refractivity contribution < 1.29 is 9.53 Å². The molecule has 6 rings (SSSR count). The SMILES string of the molecule is Nc1nccc(-c2ccc3c(c2)N=C(C2COc4ccc(C(=O)NCCc5cnc[nH]5)cc4C2)C3)n1. The molecular weight excluding hydrogens is 454 g/mol. The van der Waals surface area contributed by atoms with Gasteiger partial charge in [-0.15, -0.1) is 0 Å². The number of aliphatic imine (C=N–C) groups is 1. The molecule has 4 heterocycles. The molecule has 2 aromatic carbocycles. The molecular formula is C27H25N7O2. The summed E-state index contributed by atoms with van der Waals surface area (Å²) in [6.45, 7) is 1.11. The quantitative estimate of drug-likeness (QED) is 0.389. The standard InChI is InChI=1S/C27H25N7O2/c28-27-31-8-6-22(34-27)16-1-2-17-12-24(33-23(17)11-16)20-10-19-9-18(3-4-25(19)36-14-20)26(35)30-7-5-21-13-29-15-32-21/h1-4,6,8-9,11,13,15,20H,5,7,10,12,14H2,(H,29,32)(H,30,35)(H2,28,31,34). The van der Waals surface area contributed by atoms with Crippen molar-refractivity contribution in [1.29, 1.82) is 0 Å². The van der Waals surface area contributed by atoms with Crippen LogP contribution in [0.15, 0.2) is 66.2 Å². The Morgan fingerprint density at radius 3 is 2.97 bits per heavy atom. The molecule has 2 aliphatic heterocycles. The molecule has 9 heteroatoms. The molecule has 0 radical (unpaired) electrons. The number of imidazole rings is 1. The lowest BCUT2D eigenvalue weighted by molar-refractivity contribution is 0.0954. The second-order valence-electron chi connectivity index (χ2n) is 9.04. The van der Waals surface area contributed by atoms with Gasteiger partial charge in [0.1, 0.15) is 5.75 Å². The molecule has 0 bridgehead atoms. The van der Waals surface area contributed by atoms with E-state index in [1.807, 2.05) is 36.4 Å². The van der Waals surface area contributed by atoms with Gasteiger partial charge in [-0.25, -0.2) is 15.0 Å². The first-order valence-electron chi connectivity index (χ1n) is 11.9. The maximum atomic E-state index is 12.7. The Kier molecular flexibility index (Phi) is 5.65. The molecule has 0 fully saturated rings. The molecule has 0 saturated carbocycles. The van der Waals surface area contributed by atoms with Crippen LogP contribution in [0.4, 0.5) is 11.6 Å². The smallest absolute Gasteiger partial charge is 0.251 e. The highest BCUT2D eigenvalue weighted by molar-refractivity contribution is 5.97. The third-order valence-corrected chi connectivity index (χ3v) is 6.63. The number of carbonyl (C=O) groups excluding carboxylic acids is 1. The van der Waals surface area contributed by atoms with Gasteiger partial charge in [-0.05, 0) is 47.9 Å². The molecule has 4 N–H and O–H groups in total. The molecule has 0 saturated heterocycles. The normalized spacial score (nSPS) is 16.0. The Labute approximate surface area is 207 Å². The fourth-order valence-corrected chi connectivity index (χ4v) is 4.72. The van der Waals surface area contributed by atoms with Crippen LogP contribution in [0.3, 0.4) is 0 Å². The highest BCUT2D eigenvalue weighted by atomic mass is 16.5. The first-order chi connectivity index (χ1) is 17.6. The van der Waals surface area contributed by atoms with E-state index < -0.39 is 0 Å². The van der Waals surface area contributed by atoms with E-state index in [-0.39, 0.29) is 17.8 Å². The van der Waals surface area contributed by atoms with E-state index in [0.29, 0.717) is 25.1 Å². The maximum Gasteiger partial charge on any atom is 0.251 e. The highest BCUT2D eigenvalue weighted by Gasteiger charge is 2.28. The molecule has 2 aromatic heterocycles. The van der Waals surface area contributed by atoms with Crippen molar-refractivity contribution >= 4 is 23.3 Å². The van der Waals surface area contributed by atoms with E-state index in [9.17, 15) is 4.79 Å². The molecule has 2 aliphatic rings. The zero-order valence-electron chi connectivity index (χ0n) is 19.6. The lowest BCUT2D eigenvalue weighted by Crippen LogP contribution is -2.29. The molecule has 36 heavy (non-hydrogen) atoms. The average Bonchev–Trinajstić information content (AvgIpc) is 3.57. The predicted octanol–water partition coefficient (Wildman–Crippen LogP) is 3.30. The lowest BCUT2D eigenvalue weighted by atomic mass is 9.89. The van der Waals surface area contributed by atoms with Crippen LogP contribution in [0.2, 0.25) is 0 Å². The first kappa shape index (κ1) is 22.0. The molecule has 180 valence electrons.